The molecule has 1 heterocycles. The maximum Gasteiger partial charge on any atom is 0.496 e. The molecule has 0 N–H and O–H groups in total. The number of rotatable bonds is 1. The monoisotopic (exact) mass is 286 g/mol. The third kappa shape index (κ3) is 2.29. The van der Waals surface area contributed by atoms with E-state index in [0.29, 0.717) is 10.0 Å². The summed E-state index contributed by atoms with van der Waals surface area (Å²) in [5, 5.41) is 1.29. The molecule has 18 heavy (non-hydrogen) atoms. The van der Waals surface area contributed by atoms with Gasteiger partial charge in [0, 0.05) is 15.5 Å². The van der Waals surface area contributed by atoms with E-state index in [-0.39, 0.29) is 11.2 Å². The lowest BCUT2D eigenvalue weighted by Gasteiger charge is -2.32. The summed E-state index contributed by atoms with van der Waals surface area (Å²) in [6, 6.07) is 3.66. The maximum absolute atomic E-state index is 6.25. The van der Waals surface area contributed by atoms with Crippen molar-refractivity contribution in [3.8, 4) is 0 Å². The SMILES string of the molecule is Cc1cc(Cl)c(B2OC(C)(C)C(C)(C)O2)cc1Cl. The molecule has 1 aliphatic heterocycles. The quantitative estimate of drug-likeness (QED) is 0.735. The van der Waals surface area contributed by atoms with Crippen molar-refractivity contribution in [3.05, 3.63) is 27.7 Å². The highest BCUT2D eigenvalue weighted by Crippen LogP contribution is 2.37. The van der Waals surface area contributed by atoms with Crippen molar-refractivity contribution in [3.63, 3.8) is 0 Å². The molecule has 2 nitrogen and oxygen atoms in total. The number of aryl methyl sites for hydroxylation is 1. The smallest absolute Gasteiger partial charge is 0.399 e. The maximum atomic E-state index is 6.25. The predicted molar refractivity (Wildman–Crippen MR) is 76.9 cm³/mol. The molecule has 2 rings (SSSR count). The third-order valence-electron chi connectivity index (χ3n) is 3.79. The van der Waals surface area contributed by atoms with Gasteiger partial charge >= 0.3 is 7.12 Å². The third-order valence-corrected chi connectivity index (χ3v) is 4.52. The molecule has 1 aromatic carbocycles. The molecule has 0 radical (unpaired) electrons. The Balaban J connectivity index is 2.38. The van der Waals surface area contributed by atoms with E-state index in [0.717, 1.165) is 11.0 Å². The average Bonchev–Trinajstić information content (AvgIpc) is 2.42. The van der Waals surface area contributed by atoms with Crippen LogP contribution in [-0.2, 0) is 9.31 Å². The van der Waals surface area contributed by atoms with Gasteiger partial charge in [0.25, 0.3) is 0 Å². The van der Waals surface area contributed by atoms with Crippen LogP contribution in [0.15, 0.2) is 12.1 Å². The van der Waals surface area contributed by atoms with Crippen LogP contribution >= 0.6 is 23.2 Å². The van der Waals surface area contributed by atoms with Crippen LogP contribution in [0.5, 0.6) is 0 Å². The summed E-state index contributed by atoms with van der Waals surface area (Å²) in [4.78, 5) is 0. The summed E-state index contributed by atoms with van der Waals surface area (Å²) in [7, 11) is -0.472. The first-order valence-corrected chi connectivity index (χ1v) is 6.71. The van der Waals surface area contributed by atoms with E-state index >= 15 is 0 Å². The van der Waals surface area contributed by atoms with Gasteiger partial charge in [0.1, 0.15) is 0 Å². The molecule has 0 amide bonds. The Morgan fingerprint density at radius 1 is 0.944 bits per heavy atom. The van der Waals surface area contributed by atoms with E-state index in [4.69, 9.17) is 32.5 Å². The van der Waals surface area contributed by atoms with E-state index in [1.54, 1.807) is 0 Å². The fourth-order valence-corrected chi connectivity index (χ4v) is 2.29. The summed E-state index contributed by atoms with van der Waals surface area (Å²) in [6.07, 6.45) is 0. The Morgan fingerprint density at radius 2 is 1.44 bits per heavy atom. The van der Waals surface area contributed by atoms with E-state index in [2.05, 4.69) is 0 Å². The minimum absolute atomic E-state index is 0.377. The summed E-state index contributed by atoms with van der Waals surface area (Å²) >= 11 is 12.4. The molecular weight excluding hydrogens is 270 g/mol. The highest BCUT2D eigenvalue weighted by molar-refractivity contribution is 6.66. The zero-order chi connectivity index (χ0) is 13.7. The molecule has 1 fully saturated rings. The van der Waals surface area contributed by atoms with Gasteiger partial charge in [0.2, 0.25) is 0 Å². The van der Waals surface area contributed by atoms with E-state index < -0.39 is 7.12 Å². The molecule has 0 aliphatic carbocycles. The second-order valence-corrected chi connectivity index (χ2v) is 6.53. The summed E-state index contributed by atoms with van der Waals surface area (Å²) < 4.78 is 11.9. The van der Waals surface area contributed by atoms with Gasteiger partial charge in [-0.2, -0.15) is 0 Å². The highest BCUT2D eigenvalue weighted by Gasteiger charge is 2.52. The number of halogens is 2. The number of hydrogen-bond acceptors (Lipinski definition) is 2. The standard InChI is InChI=1S/C13H17BCl2O2/c1-8-6-11(16)9(7-10(8)15)14-17-12(2,3)13(4,5)18-14/h6-7H,1-5H3. The molecule has 0 saturated carbocycles. The predicted octanol–water partition coefficient (Wildman–Crippen LogP) is 3.60. The normalized spacial score (nSPS) is 21.4. The lowest BCUT2D eigenvalue weighted by atomic mass is 9.78. The van der Waals surface area contributed by atoms with Gasteiger partial charge in [-0.15, -0.1) is 0 Å². The number of benzene rings is 1. The summed E-state index contributed by atoms with van der Waals surface area (Å²) in [6.45, 7) is 9.96. The lowest BCUT2D eigenvalue weighted by molar-refractivity contribution is 0.00578. The lowest BCUT2D eigenvalue weighted by Crippen LogP contribution is -2.41. The Labute approximate surface area is 119 Å². The fraction of sp³-hybridized carbons (Fsp3) is 0.538. The molecule has 0 aromatic heterocycles. The van der Waals surface area contributed by atoms with E-state index in [1.807, 2.05) is 46.8 Å². The summed E-state index contributed by atoms with van der Waals surface area (Å²) in [5.41, 5.74) is 0.976. The fourth-order valence-electron chi connectivity index (χ4n) is 1.81. The van der Waals surface area contributed by atoms with Gasteiger partial charge in [0.15, 0.2) is 0 Å². The Morgan fingerprint density at radius 3 is 1.94 bits per heavy atom. The van der Waals surface area contributed by atoms with Gasteiger partial charge in [-0.05, 0) is 52.3 Å². The topological polar surface area (TPSA) is 18.5 Å². The van der Waals surface area contributed by atoms with Crippen LogP contribution in [0, 0.1) is 6.92 Å². The molecule has 1 saturated heterocycles. The Kier molecular flexibility index (Phi) is 3.48. The van der Waals surface area contributed by atoms with Gasteiger partial charge in [-0.3, -0.25) is 0 Å². The van der Waals surface area contributed by atoms with Crippen LogP contribution in [0.3, 0.4) is 0 Å². The minimum atomic E-state index is -0.472. The van der Waals surface area contributed by atoms with Crippen LogP contribution in [0.25, 0.3) is 0 Å². The van der Waals surface area contributed by atoms with Crippen LogP contribution in [-0.4, -0.2) is 18.3 Å². The van der Waals surface area contributed by atoms with E-state index in [9.17, 15) is 0 Å². The van der Waals surface area contributed by atoms with Crippen molar-refractivity contribution in [2.24, 2.45) is 0 Å². The van der Waals surface area contributed by atoms with Gasteiger partial charge in [-0.25, -0.2) is 0 Å². The Hall–Kier alpha value is -0.215. The van der Waals surface area contributed by atoms with Crippen LogP contribution < -0.4 is 5.46 Å². The molecule has 1 aromatic rings. The molecule has 0 bridgehead atoms. The zero-order valence-electron chi connectivity index (χ0n) is 11.3. The van der Waals surface area contributed by atoms with Gasteiger partial charge in [0.05, 0.1) is 11.2 Å². The molecule has 98 valence electrons. The molecule has 1 aliphatic rings. The molecule has 0 spiro atoms. The van der Waals surface area contributed by atoms with Crippen LogP contribution in [0.1, 0.15) is 33.3 Å². The van der Waals surface area contributed by atoms with Gasteiger partial charge < -0.3 is 9.31 Å². The van der Waals surface area contributed by atoms with Crippen LogP contribution in [0.4, 0.5) is 0 Å². The molecule has 0 unspecified atom stereocenters. The first-order valence-electron chi connectivity index (χ1n) is 5.95. The van der Waals surface area contributed by atoms with Crippen molar-refractivity contribution in [1.29, 1.82) is 0 Å². The van der Waals surface area contributed by atoms with Crippen LogP contribution in [0.2, 0.25) is 10.0 Å². The van der Waals surface area contributed by atoms with Gasteiger partial charge in [-0.1, -0.05) is 23.2 Å². The van der Waals surface area contributed by atoms with Crippen molar-refractivity contribution < 1.29 is 9.31 Å². The van der Waals surface area contributed by atoms with Crippen molar-refractivity contribution in [1.82, 2.24) is 0 Å². The van der Waals surface area contributed by atoms with Crippen molar-refractivity contribution >= 4 is 35.8 Å². The van der Waals surface area contributed by atoms with E-state index in [1.165, 1.54) is 0 Å². The zero-order valence-corrected chi connectivity index (χ0v) is 12.8. The molecule has 5 heteroatoms. The minimum Gasteiger partial charge on any atom is -0.399 e. The molecule has 0 atom stereocenters. The average molecular weight is 287 g/mol. The second-order valence-electron chi connectivity index (χ2n) is 5.71. The Bertz CT molecular complexity index is 470. The largest absolute Gasteiger partial charge is 0.496 e. The summed E-state index contributed by atoms with van der Waals surface area (Å²) in [5.74, 6) is 0. The van der Waals surface area contributed by atoms with Crippen molar-refractivity contribution in [2.45, 2.75) is 45.8 Å². The first kappa shape index (κ1) is 14.2. The second kappa shape index (κ2) is 4.41. The van der Waals surface area contributed by atoms with Crippen molar-refractivity contribution in [2.75, 3.05) is 0 Å². The number of hydrogen-bond donors (Lipinski definition) is 0. The first-order chi connectivity index (χ1) is 8.14. The molecular formula is C13H17BCl2O2. The highest BCUT2D eigenvalue weighted by atomic mass is 35.5.